The van der Waals surface area contributed by atoms with Gasteiger partial charge in [-0.1, -0.05) is 0 Å². The molecule has 0 saturated carbocycles. The van der Waals surface area contributed by atoms with Crippen molar-refractivity contribution < 1.29 is 29.2 Å². The highest BCUT2D eigenvalue weighted by atomic mass is 16.6. The smallest absolute Gasteiger partial charge is 0.145 e. The molecular weight excluding hydrogens is 216 g/mol. The van der Waals surface area contributed by atoms with E-state index in [-0.39, 0.29) is 13.2 Å². The van der Waals surface area contributed by atoms with E-state index in [1.807, 2.05) is 0 Å². The molecule has 0 aromatic carbocycles. The lowest BCUT2D eigenvalue weighted by atomic mass is 9.90. The lowest BCUT2D eigenvalue weighted by Gasteiger charge is -2.36. The summed E-state index contributed by atoms with van der Waals surface area (Å²) in [7, 11) is 0. The molecule has 1 unspecified atom stereocenters. The van der Waals surface area contributed by atoms with Gasteiger partial charge in [0.05, 0.1) is 33.0 Å². The molecule has 6 heteroatoms. The number of rotatable bonds is 1. The summed E-state index contributed by atoms with van der Waals surface area (Å²) in [5.74, 6) is 0. The highest BCUT2D eigenvalue weighted by Gasteiger charge is 2.60. The number of hydrogen-bond acceptors (Lipinski definition) is 6. The number of aliphatic hydroxyl groups excluding tert-OH is 1. The quantitative estimate of drug-likeness (QED) is 0.560. The van der Waals surface area contributed by atoms with Gasteiger partial charge in [-0.05, 0) is 0 Å². The molecular formula is C10H16O6. The van der Waals surface area contributed by atoms with Crippen molar-refractivity contribution >= 4 is 0 Å². The fourth-order valence-corrected chi connectivity index (χ4v) is 2.59. The van der Waals surface area contributed by atoms with Crippen molar-refractivity contribution in [1.82, 2.24) is 0 Å². The normalized spacial score (nSPS) is 52.9. The van der Waals surface area contributed by atoms with Crippen LogP contribution in [0.3, 0.4) is 0 Å². The van der Waals surface area contributed by atoms with E-state index in [4.69, 9.17) is 18.9 Å². The van der Waals surface area contributed by atoms with Gasteiger partial charge < -0.3 is 29.2 Å². The van der Waals surface area contributed by atoms with Gasteiger partial charge in [0.15, 0.2) is 0 Å². The van der Waals surface area contributed by atoms with Crippen LogP contribution in [0.25, 0.3) is 0 Å². The minimum Gasteiger partial charge on any atom is -0.388 e. The van der Waals surface area contributed by atoms with E-state index < -0.39 is 30.0 Å². The van der Waals surface area contributed by atoms with E-state index in [1.54, 1.807) is 0 Å². The zero-order valence-corrected chi connectivity index (χ0v) is 8.87. The molecule has 6 nitrogen and oxygen atoms in total. The highest BCUT2D eigenvalue weighted by molar-refractivity contribution is 5.08. The van der Waals surface area contributed by atoms with Crippen LogP contribution in [0.5, 0.6) is 0 Å². The first-order valence-electron chi connectivity index (χ1n) is 5.55. The van der Waals surface area contributed by atoms with E-state index in [9.17, 15) is 10.2 Å². The van der Waals surface area contributed by atoms with Gasteiger partial charge in [-0.3, -0.25) is 0 Å². The van der Waals surface area contributed by atoms with Crippen molar-refractivity contribution in [2.45, 2.75) is 30.0 Å². The summed E-state index contributed by atoms with van der Waals surface area (Å²) in [6.07, 6.45) is -2.07. The monoisotopic (exact) mass is 232 g/mol. The summed E-state index contributed by atoms with van der Waals surface area (Å²) >= 11 is 0. The van der Waals surface area contributed by atoms with Gasteiger partial charge in [-0.2, -0.15) is 0 Å². The van der Waals surface area contributed by atoms with E-state index in [0.717, 1.165) is 0 Å². The molecule has 3 saturated heterocycles. The van der Waals surface area contributed by atoms with E-state index in [2.05, 4.69) is 0 Å². The summed E-state index contributed by atoms with van der Waals surface area (Å²) in [5.41, 5.74) is -1.21. The summed E-state index contributed by atoms with van der Waals surface area (Å²) in [4.78, 5) is 0. The Labute approximate surface area is 93.0 Å². The maximum atomic E-state index is 10.5. The van der Waals surface area contributed by atoms with Gasteiger partial charge in [-0.15, -0.1) is 0 Å². The number of hydrogen-bond donors (Lipinski definition) is 2. The first-order chi connectivity index (χ1) is 7.72. The third-order valence-electron chi connectivity index (χ3n) is 3.50. The minimum atomic E-state index is -1.21. The third-order valence-corrected chi connectivity index (χ3v) is 3.50. The Bertz CT molecular complexity index is 266. The van der Waals surface area contributed by atoms with Crippen molar-refractivity contribution in [1.29, 1.82) is 0 Å². The second kappa shape index (κ2) is 3.90. The van der Waals surface area contributed by atoms with E-state index in [1.165, 1.54) is 0 Å². The Balaban J connectivity index is 1.77. The molecule has 16 heavy (non-hydrogen) atoms. The van der Waals surface area contributed by atoms with E-state index in [0.29, 0.717) is 19.8 Å². The number of ether oxygens (including phenoxy) is 4. The van der Waals surface area contributed by atoms with Crippen molar-refractivity contribution in [2.24, 2.45) is 0 Å². The topological polar surface area (TPSA) is 77.4 Å². The van der Waals surface area contributed by atoms with Crippen LogP contribution < -0.4 is 0 Å². The molecule has 3 aliphatic rings. The van der Waals surface area contributed by atoms with Gasteiger partial charge >= 0.3 is 0 Å². The SMILES string of the molecule is O[C@@H]1CO[C@H]2[C@@H]1OC[C@]2(O)C1COCCO1. The molecule has 3 heterocycles. The van der Waals surface area contributed by atoms with Crippen LogP contribution in [0.1, 0.15) is 0 Å². The van der Waals surface area contributed by atoms with Crippen LogP contribution in [-0.4, -0.2) is 73.3 Å². The molecule has 3 aliphatic heterocycles. The first kappa shape index (κ1) is 10.9. The average Bonchev–Trinajstić information content (AvgIpc) is 2.84. The standard InChI is InChI=1S/C10H16O6/c11-6-3-15-9-8(6)16-5-10(9,12)7-4-13-1-2-14-7/h6-9,11-12H,1-5H2/t6-,7?,8-,9+,10+/m1/s1. The Kier molecular flexibility index (Phi) is 2.66. The minimum absolute atomic E-state index is 0.118. The molecule has 0 radical (unpaired) electrons. The fraction of sp³-hybridized carbons (Fsp3) is 1.00. The molecule has 0 aromatic rings. The first-order valence-corrected chi connectivity index (χ1v) is 5.55. The van der Waals surface area contributed by atoms with Gasteiger partial charge in [0, 0.05) is 0 Å². The second-order valence-corrected chi connectivity index (χ2v) is 4.52. The van der Waals surface area contributed by atoms with Crippen LogP contribution in [0, 0.1) is 0 Å². The fourth-order valence-electron chi connectivity index (χ4n) is 2.59. The van der Waals surface area contributed by atoms with Gasteiger partial charge in [0.25, 0.3) is 0 Å². The van der Waals surface area contributed by atoms with Crippen LogP contribution in [0.4, 0.5) is 0 Å². The van der Waals surface area contributed by atoms with Gasteiger partial charge in [0.1, 0.15) is 30.0 Å². The van der Waals surface area contributed by atoms with Gasteiger partial charge in [-0.25, -0.2) is 0 Å². The molecule has 92 valence electrons. The zero-order chi connectivity index (χ0) is 11.2. The van der Waals surface area contributed by atoms with E-state index >= 15 is 0 Å². The molecule has 0 spiro atoms. The van der Waals surface area contributed by atoms with Crippen molar-refractivity contribution in [3.05, 3.63) is 0 Å². The van der Waals surface area contributed by atoms with Crippen LogP contribution in [0.15, 0.2) is 0 Å². The van der Waals surface area contributed by atoms with Crippen molar-refractivity contribution in [3.63, 3.8) is 0 Å². The molecule has 0 aliphatic carbocycles. The molecule has 0 aromatic heterocycles. The summed E-state index contributed by atoms with van der Waals surface area (Å²) in [5, 5.41) is 20.1. The zero-order valence-electron chi connectivity index (χ0n) is 8.87. The van der Waals surface area contributed by atoms with Gasteiger partial charge in [0.2, 0.25) is 0 Å². The summed E-state index contributed by atoms with van der Waals surface area (Å²) in [6.45, 7) is 1.67. The summed E-state index contributed by atoms with van der Waals surface area (Å²) < 4.78 is 21.6. The molecule has 0 bridgehead atoms. The lowest BCUT2D eigenvalue weighted by Crippen LogP contribution is -2.57. The largest absolute Gasteiger partial charge is 0.388 e. The van der Waals surface area contributed by atoms with Crippen molar-refractivity contribution in [2.75, 3.05) is 33.0 Å². The molecule has 0 amide bonds. The molecule has 3 rings (SSSR count). The maximum Gasteiger partial charge on any atom is 0.145 e. The van der Waals surface area contributed by atoms with Crippen LogP contribution in [-0.2, 0) is 18.9 Å². The Morgan fingerprint density at radius 3 is 2.69 bits per heavy atom. The summed E-state index contributed by atoms with van der Waals surface area (Å²) in [6, 6.07) is 0. The predicted octanol–water partition coefficient (Wildman–Crippen LogP) is -1.71. The second-order valence-electron chi connectivity index (χ2n) is 4.52. The highest BCUT2D eigenvalue weighted by Crippen LogP contribution is 2.37. The average molecular weight is 232 g/mol. The van der Waals surface area contributed by atoms with Crippen molar-refractivity contribution in [3.8, 4) is 0 Å². The third kappa shape index (κ3) is 1.49. The Morgan fingerprint density at radius 2 is 1.94 bits per heavy atom. The van der Waals surface area contributed by atoms with Crippen LogP contribution >= 0.6 is 0 Å². The molecule has 5 atom stereocenters. The Hall–Kier alpha value is -0.240. The number of fused-ring (bicyclic) bond motifs is 1. The molecule has 2 N–H and O–H groups in total. The van der Waals surface area contributed by atoms with Crippen LogP contribution in [0.2, 0.25) is 0 Å². The lowest BCUT2D eigenvalue weighted by molar-refractivity contribution is -0.201. The maximum absolute atomic E-state index is 10.5. The Morgan fingerprint density at radius 1 is 1.06 bits per heavy atom. The molecule has 3 fully saturated rings. The predicted molar refractivity (Wildman–Crippen MR) is 51.0 cm³/mol. The number of aliphatic hydroxyl groups is 2.